The first-order valence-corrected chi connectivity index (χ1v) is 9.41. The summed E-state index contributed by atoms with van der Waals surface area (Å²) in [4.78, 5) is 20.4. The minimum atomic E-state index is -4.46. The fourth-order valence-corrected chi connectivity index (χ4v) is 4.06. The number of piperidine rings is 2. The Morgan fingerprint density at radius 1 is 1.29 bits per heavy atom. The van der Waals surface area contributed by atoms with Crippen LogP contribution in [0.25, 0.3) is 0 Å². The van der Waals surface area contributed by atoms with Crippen LogP contribution in [0.4, 0.5) is 19.0 Å². The number of carbonyl (C=O) groups excluding carboxylic acids is 1. The zero-order chi connectivity index (χ0) is 19.8. The SMILES string of the molecule is CC1(C)CN(C(=O)C2CCCN(c3ncccc3C(F)(F)F)C2)CCC1N.Cl. The summed E-state index contributed by atoms with van der Waals surface area (Å²) >= 11 is 0. The minimum absolute atomic E-state index is 0. The van der Waals surface area contributed by atoms with E-state index >= 15 is 0 Å². The van der Waals surface area contributed by atoms with Crippen LogP contribution in [-0.4, -0.2) is 48.0 Å². The van der Waals surface area contributed by atoms with Gasteiger partial charge in [-0.25, -0.2) is 4.98 Å². The van der Waals surface area contributed by atoms with Crippen molar-refractivity contribution in [3.63, 3.8) is 0 Å². The van der Waals surface area contributed by atoms with Gasteiger partial charge in [-0.1, -0.05) is 13.8 Å². The van der Waals surface area contributed by atoms with E-state index in [0.29, 0.717) is 32.5 Å². The maximum Gasteiger partial charge on any atom is 0.419 e. The van der Waals surface area contributed by atoms with E-state index in [1.165, 1.54) is 12.3 Å². The summed E-state index contributed by atoms with van der Waals surface area (Å²) in [5.74, 6) is -0.375. The highest BCUT2D eigenvalue weighted by atomic mass is 35.5. The van der Waals surface area contributed by atoms with Crippen molar-refractivity contribution in [1.29, 1.82) is 0 Å². The third kappa shape index (κ3) is 4.71. The van der Waals surface area contributed by atoms with E-state index in [2.05, 4.69) is 4.98 Å². The Labute approximate surface area is 169 Å². The molecule has 3 heterocycles. The highest BCUT2D eigenvalue weighted by Gasteiger charge is 2.40. The number of alkyl halides is 3. The van der Waals surface area contributed by atoms with E-state index in [-0.39, 0.29) is 48.1 Å². The lowest BCUT2D eigenvalue weighted by Crippen LogP contribution is -2.56. The molecule has 2 atom stereocenters. The summed E-state index contributed by atoms with van der Waals surface area (Å²) in [6.07, 6.45) is -1.00. The summed E-state index contributed by atoms with van der Waals surface area (Å²) in [5.41, 5.74) is 5.24. The zero-order valence-electron chi connectivity index (χ0n) is 16.2. The molecule has 0 aromatic carbocycles. The Kier molecular flexibility index (Phi) is 6.86. The fourth-order valence-electron chi connectivity index (χ4n) is 4.06. The molecule has 2 saturated heterocycles. The molecule has 2 aliphatic heterocycles. The second kappa shape index (κ2) is 8.45. The predicted octanol–water partition coefficient (Wildman–Crippen LogP) is 3.32. The first kappa shape index (κ1) is 22.7. The number of halogens is 4. The van der Waals surface area contributed by atoms with Crippen LogP contribution in [0.15, 0.2) is 18.3 Å². The molecule has 2 unspecified atom stereocenters. The molecule has 9 heteroatoms. The van der Waals surface area contributed by atoms with Gasteiger partial charge in [0.05, 0.1) is 11.5 Å². The predicted molar refractivity (Wildman–Crippen MR) is 104 cm³/mol. The van der Waals surface area contributed by atoms with Crippen molar-refractivity contribution >= 4 is 24.1 Å². The number of anilines is 1. The second-order valence-corrected chi connectivity index (χ2v) is 8.30. The molecule has 3 rings (SSSR count). The number of aromatic nitrogens is 1. The molecule has 1 aromatic heterocycles. The summed E-state index contributed by atoms with van der Waals surface area (Å²) in [6.45, 7) is 6.03. The molecule has 2 aliphatic rings. The number of amides is 1. The van der Waals surface area contributed by atoms with Gasteiger partial charge >= 0.3 is 6.18 Å². The van der Waals surface area contributed by atoms with Crippen molar-refractivity contribution < 1.29 is 18.0 Å². The molecule has 0 spiro atoms. The Hall–Kier alpha value is -1.54. The van der Waals surface area contributed by atoms with Crippen LogP contribution in [0.5, 0.6) is 0 Å². The molecule has 1 amide bonds. The quantitative estimate of drug-likeness (QED) is 0.797. The van der Waals surface area contributed by atoms with Gasteiger partial charge in [0, 0.05) is 38.4 Å². The number of pyridine rings is 1. The Morgan fingerprint density at radius 2 is 2.00 bits per heavy atom. The average Bonchev–Trinajstić information content (AvgIpc) is 2.63. The molecule has 0 radical (unpaired) electrons. The van der Waals surface area contributed by atoms with Gasteiger partial charge in [-0.3, -0.25) is 4.79 Å². The number of nitrogens with zero attached hydrogens (tertiary/aromatic N) is 3. The summed E-state index contributed by atoms with van der Waals surface area (Å²) in [6, 6.07) is 2.38. The van der Waals surface area contributed by atoms with Gasteiger partial charge in [-0.2, -0.15) is 13.2 Å². The van der Waals surface area contributed by atoms with Gasteiger partial charge < -0.3 is 15.5 Å². The van der Waals surface area contributed by atoms with Crippen LogP contribution < -0.4 is 10.6 Å². The van der Waals surface area contributed by atoms with Crippen molar-refractivity contribution in [2.24, 2.45) is 17.1 Å². The Morgan fingerprint density at radius 3 is 2.64 bits per heavy atom. The molecule has 0 aliphatic carbocycles. The van der Waals surface area contributed by atoms with E-state index in [0.717, 1.165) is 12.5 Å². The molecule has 0 saturated carbocycles. The Bertz CT molecular complexity index is 698. The van der Waals surface area contributed by atoms with Gasteiger partial charge in [0.2, 0.25) is 5.91 Å². The number of rotatable bonds is 2. The maximum atomic E-state index is 13.3. The molecular formula is C19H28ClF3N4O. The highest BCUT2D eigenvalue weighted by molar-refractivity contribution is 5.85. The van der Waals surface area contributed by atoms with Gasteiger partial charge in [-0.05, 0) is 36.8 Å². The van der Waals surface area contributed by atoms with Crippen LogP contribution in [0.2, 0.25) is 0 Å². The molecule has 2 fully saturated rings. The van der Waals surface area contributed by atoms with Crippen molar-refractivity contribution in [2.75, 3.05) is 31.1 Å². The molecule has 1 aromatic rings. The normalized spacial score (nSPS) is 25.2. The van der Waals surface area contributed by atoms with Gasteiger partial charge in [0.1, 0.15) is 5.82 Å². The van der Waals surface area contributed by atoms with E-state index in [4.69, 9.17) is 5.73 Å². The number of carbonyl (C=O) groups is 1. The third-order valence-corrected chi connectivity index (χ3v) is 5.79. The monoisotopic (exact) mass is 420 g/mol. The summed E-state index contributed by atoms with van der Waals surface area (Å²) in [5, 5.41) is 0. The molecule has 158 valence electrons. The summed E-state index contributed by atoms with van der Waals surface area (Å²) < 4.78 is 40.0. The van der Waals surface area contributed by atoms with Gasteiger partial charge in [0.15, 0.2) is 0 Å². The number of hydrogen-bond donors (Lipinski definition) is 1. The zero-order valence-corrected chi connectivity index (χ0v) is 17.0. The standard InChI is InChI=1S/C19H27F3N4O.ClH/c1-18(2)12-26(10-7-15(18)23)17(27)13-5-4-9-25(11-13)16-14(19(20,21)22)6-3-8-24-16;/h3,6,8,13,15H,4-5,7,9-12,23H2,1-2H3;1H. The number of nitrogens with two attached hydrogens (primary N) is 1. The second-order valence-electron chi connectivity index (χ2n) is 8.30. The molecule has 0 bridgehead atoms. The molecule has 5 nitrogen and oxygen atoms in total. The number of likely N-dealkylation sites (tertiary alicyclic amines) is 1. The van der Waals surface area contributed by atoms with Crippen LogP contribution in [-0.2, 0) is 11.0 Å². The van der Waals surface area contributed by atoms with Crippen LogP contribution in [0.3, 0.4) is 0 Å². The topological polar surface area (TPSA) is 62.5 Å². The lowest BCUT2D eigenvalue weighted by molar-refractivity contribution is -0.139. The lowest BCUT2D eigenvalue weighted by Gasteiger charge is -2.44. The molecule has 28 heavy (non-hydrogen) atoms. The first-order chi connectivity index (χ1) is 12.6. The smallest absolute Gasteiger partial charge is 0.355 e. The van der Waals surface area contributed by atoms with Crippen molar-refractivity contribution in [2.45, 2.75) is 45.3 Å². The van der Waals surface area contributed by atoms with E-state index in [1.54, 1.807) is 4.90 Å². The number of hydrogen-bond acceptors (Lipinski definition) is 4. The fraction of sp³-hybridized carbons (Fsp3) is 0.684. The first-order valence-electron chi connectivity index (χ1n) is 9.41. The van der Waals surface area contributed by atoms with Crippen molar-refractivity contribution in [3.8, 4) is 0 Å². The van der Waals surface area contributed by atoms with E-state index in [1.807, 2.05) is 18.7 Å². The summed E-state index contributed by atoms with van der Waals surface area (Å²) in [7, 11) is 0. The van der Waals surface area contributed by atoms with Crippen LogP contribution >= 0.6 is 12.4 Å². The molecular weight excluding hydrogens is 393 g/mol. The van der Waals surface area contributed by atoms with Crippen LogP contribution in [0, 0.1) is 11.3 Å². The third-order valence-electron chi connectivity index (χ3n) is 5.79. The highest BCUT2D eigenvalue weighted by Crippen LogP contribution is 2.37. The van der Waals surface area contributed by atoms with Crippen molar-refractivity contribution in [3.05, 3.63) is 23.9 Å². The van der Waals surface area contributed by atoms with E-state index < -0.39 is 11.7 Å². The molecule has 2 N–H and O–H groups in total. The van der Waals surface area contributed by atoms with Crippen molar-refractivity contribution in [1.82, 2.24) is 9.88 Å². The Balaban J connectivity index is 0.00000280. The van der Waals surface area contributed by atoms with Crippen LogP contribution in [0.1, 0.15) is 38.7 Å². The average molecular weight is 421 g/mol. The van der Waals surface area contributed by atoms with Gasteiger partial charge in [0.25, 0.3) is 0 Å². The largest absolute Gasteiger partial charge is 0.419 e. The lowest BCUT2D eigenvalue weighted by atomic mass is 9.79. The van der Waals surface area contributed by atoms with E-state index in [9.17, 15) is 18.0 Å². The maximum absolute atomic E-state index is 13.3. The van der Waals surface area contributed by atoms with Gasteiger partial charge in [-0.15, -0.1) is 12.4 Å². The minimum Gasteiger partial charge on any atom is -0.355 e.